The van der Waals surface area contributed by atoms with Gasteiger partial charge < -0.3 is 10.3 Å². The number of aromatic amines is 1. The van der Waals surface area contributed by atoms with Crippen LogP contribution in [0.3, 0.4) is 0 Å². The van der Waals surface area contributed by atoms with Crippen LogP contribution in [0.25, 0.3) is 21.8 Å². The van der Waals surface area contributed by atoms with Crippen LogP contribution < -0.4 is 5.32 Å². The first-order valence-corrected chi connectivity index (χ1v) is 14.2. The second-order valence-corrected chi connectivity index (χ2v) is 10.9. The van der Waals surface area contributed by atoms with Gasteiger partial charge in [-0.2, -0.15) is 0 Å². The second-order valence-electron chi connectivity index (χ2n) is 10.9. The third-order valence-electron chi connectivity index (χ3n) is 8.27. The van der Waals surface area contributed by atoms with Gasteiger partial charge in [-0.15, -0.1) is 0 Å². The predicted octanol–water partition coefficient (Wildman–Crippen LogP) is 2.74. The number of nitro groups is 10. The Bertz CT molecular complexity index is 2460. The zero-order valence-electron chi connectivity index (χ0n) is 26.6. The molecule has 0 spiro atoms. The van der Waals surface area contributed by atoms with Gasteiger partial charge in [0, 0.05) is 33.7 Å². The summed E-state index contributed by atoms with van der Waals surface area (Å²) < 4.78 is 0. The molecule has 1 aliphatic carbocycles. The van der Waals surface area contributed by atoms with Crippen molar-refractivity contribution in [3.05, 3.63) is 168 Å². The summed E-state index contributed by atoms with van der Waals surface area (Å²) in [4.78, 5) is 101. The van der Waals surface area contributed by atoms with Crippen LogP contribution in [0.1, 0.15) is 0 Å². The van der Waals surface area contributed by atoms with Gasteiger partial charge in [-0.3, -0.25) is 101 Å². The normalized spacial score (nSPS) is 17.8. The summed E-state index contributed by atoms with van der Waals surface area (Å²) >= 11 is 0. The lowest BCUT2D eigenvalue weighted by Gasteiger charge is -2.34. The summed E-state index contributed by atoms with van der Waals surface area (Å²) in [6.07, 6.45) is -0.0418. The summed E-state index contributed by atoms with van der Waals surface area (Å²) in [7, 11) is 0. The van der Waals surface area contributed by atoms with E-state index in [9.17, 15) is 101 Å². The molecule has 3 aromatic carbocycles. The van der Waals surface area contributed by atoms with Crippen LogP contribution in [0, 0.1) is 101 Å². The Morgan fingerprint density at radius 3 is 1.43 bits per heavy atom. The van der Waals surface area contributed by atoms with Crippen molar-refractivity contribution in [2.45, 2.75) is 23.0 Å². The number of hydrogen-bond donors (Lipinski definition) is 2. The van der Waals surface area contributed by atoms with E-state index in [1.165, 1.54) is 42.5 Å². The number of anilines is 1. The van der Waals surface area contributed by atoms with Crippen molar-refractivity contribution in [3.63, 3.8) is 0 Å². The number of nitrogens with one attached hydrogen (secondary N) is 2. The van der Waals surface area contributed by atoms with Gasteiger partial charge in [-0.05, 0) is 18.2 Å². The van der Waals surface area contributed by atoms with Crippen LogP contribution in [-0.2, 0) is 0 Å². The first-order valence-electron chi connectivity index (χ1n) is 14.2. The quantitative estimate of drug-likeness (QED) is 0.0901. The van der Waals surface area contributed by atoms with E-state index in [2.05, 4.69) is 4.98 Å². The summed E-state index contributed by atoms with van der Waals surface area (Å²) in [5.41, 5.74) is -20.1. The van der Waals surface area contributed by atoms with Crippen molar-refractivity contribution >= 4 is 50.2 Å². The van der Waals surface area contributed by atoms with Crippen LogP contribution in [0.2, 0.25) is 0 Å². The number of rotatable bonds is 12. The molecule has 4 aromatic rings. The maximum Gasteiger partial charge on any atom is 0.695 e. The standard InChI is InChI=1S/C12H9N7O12.C12H5N5O8/c20-14(21)9-6-7-10(15(22)23,13-8-4-2-1-3-5-8)12(18(28)29,19(30)31)11(9,16(24)25)17(26)27;18-14(19)9-7-5-3-1-2-4-6(5)13-8(7)10(15(20)21)12(17(24)25)11(9)16(22)23/h1-7,9,13H;1-4,13H. The molecule has 2 unspecified atom stereocenters. The molecular formula is C24H14N12O20. The molecule has 2 atom stereocenters. The smallest absolute Gasteiger partial charge is 0.348 e. The average molecular weight is 790 g/mol. The monoisotopic (exact) mass is 790 g/mol. The van der Waals surface area contributed by atoms with Gasteiger partial charge in [0.2, 0.25) is 0 Å². The lowest BCUT2D eigenvalue weighted by atomic mass is 9.72. The molecule has 2 N–H and O–H groups in total. The van der Waals surface area contributed by atoms with Crippen LogP contribution in [-0.4, -0.2) is 77.2 Å². The fourth-order valence-corrected chi connectivity index (χ4v) is 6.17. The van der Waals surface area contributed by atoms with Gasteiger partial charge in [-0.25, -0.2) is 0 Å². The number of aromatic nitrogens is 1. The summed E-state index contributed by atoms with van der Waals surface area (Å²) in [6.45, 7) is 0. The third kappa shape index (κ3) is 5.40. The minimum absolute atomic E-state index is 0.0183. The average Bonchev–Trinajstić information content (AvgIpc) is 3.48. The SMILES string of the molecule is O=[N+]([O-])C1C=CC(Nc2ccccc2)([N+](=O)[O-])C([N+](=O)[O-])([N+](=O)[O-])C1([N+](=O)[O-])[N+](=O)[O-].O=[N+]([O-])c1c([N+](=O)[O-])c([N+](=O)[O-])c2c([nH]c3ccccc32)c1[N+](=O)[O-]. The zero-order chi connectivity index (χ0) is 42.2. The van der Waals surface area contributed by atoms with Crippen molar-refractivity contribution in [3.8, 4) is 0 Å². The Morgan fingerprint density at radius 1 is 0.536 bits per heavy atom. The topological polar surface area (TPSA) is 459 Å². The molecule has 1 aromatic heterocycles. The van der Waals surface area contributed by atoms with Crippen molar-refractivity contribution in [1.82, 2.24) is 4.98 Å². The number of para-hydroxylation sites is 2. The Labute approximate surface area is 301 Å². The largest absolute Gasteiger partial charge is 0.695 e. The van der Waals surface area contributed by atoms with Crippen molar-refractivity contribution in [2.24, 2.45) is 0 Å². The predicted molar refractivity (Wildman–Crippen MR) is 176 cm³/mol. The first kappa shape index (κ1) is 39.8. The fourth-order valence-electron chi connectivity index (χ4n) is 6.17. The zero-order valence-corrected chi connectivity index (χ0v) is 26.6. The molecule has 0 saturated heterocycles. The van der Waals surface area contributed by atoms with Crippen LogP contribution in [0.15, 0.2) is 66.7 Å². The third-order valence-corrected chi connectivity index (χ3v) is 8.27. The van der Waals surface area contributed by atoms with Crippen LogP contribution >= 0.6 is 0 Å². The molecule has 32 heteroatoms. The van der Waals surface area contributed by atoms with Crippen LogP contribution in [0.5, 0.6) is 0 Å². The maximum absolute atomic E-state index is 12.0. The number of benzene rings is 3. The summed E-state index contributed by atoms with van der Waals surface area (Å²) in [5.74, 6) is 0. The van der Waals surface area contributed by atoms with E-state index in [0.717, 1.165) is 12.1 Å². The molecule has 0 bridgehead atoms. The highest BCUT2D eigenvalue weighted by Gasteiger charge is 3.10. The van der Waals surface area contributed by atoms with Crippen molar-refractivity contribution < 1.29 is 49.2 Å². The molecule has 1 heterocycles. The number of hydrogen-bond acceptors (Lipinski definition) is 21. The van der Waals surface area contributed by atoms with E-state index in [1.807, 2.05) is 0 Å². The Morgan fingerprint density at radius 2 is 1.00 bits per heavy atom. The minimum atomic E-state index is -5.02. The van der Waals surface area contributed by atoms with E-state index < -0.39 is 112 Å². The molecule has 0 saturated carbocycles. The van der Waals surface area contributed by atoms with Gasteiger partial charge >= 0.3 is 45.8 Å². The lowest BCUT2D eigenvalue weighted by Crippen LogP contribution is -2.88. The molecule has 5 rings (SSSR count). The molecule has 32 nitrogen and oxygen atoms in total. The minimum Gasteiger partial charge on any atom is -0.348 e. The highest BCUT2D eigenvalue weighted by Crippen LogP contribution is 2.52. The highest BCUT2D eigenvalue weighted by atomic mass is 16.7. The lowest BCUT2D eigenvalue weighted by molar-refractivity contribution is -0.974. The first-order chi connectivity index (χ1) is 26.1. The number of nitrogens with zero attached hydrogens (tertiary/aromatic N) is 10. The van der Waals surface area contributed by atoms with E-state index in [0.29, 0.717) is 0 Å². The van der Waals surface area contributed by atoms with Crippen molar-refractivity contribution in [2.75, 3.05) is 5.32 Å². The Kier molecular flexibility index (Phi) is 9.84. The molecule has 0 amide bonds. The Hall–Kier alpha value is -9.00. The molecule has 0 fully saturated rings. The van der Waals surface area contributed by atoms with E-state index >= 15 is 0 Å². The fraction of sp³-hybridized carbons (Fsp3) is 0.167. The summed E-state index contributed by atoms with van der Waals surface area (Å²) in [5, 5.41) is 118. The van der Waals surface area contributed by atoms with Gasteiger partial charge in [0.25, 0.3) is 0 Å². The van der Waals surface area contributed by atoms with Gasteiger partial charge in [0.05, 0.1) is 24.6 Å². The van der Waals surface area contributed by atoms with Gasteiger partial charge in [0.1, 0.15) is 30.6 Å². The number of fused-ring (bicyclic) bond motifs is 3. The number of H-pyrrole nitrogens is 1. The molecule has 290 valence electrons. The molecule has 0 radical (unpaired) electrons. The molecule has 1 aliphatic rings. The van der Waals surface area contributed by atoms with Gasteiger partial charge in [-0.1, -0.05) is 36.4 Å². The highest BCUT2D eigenvalue weighted by molar-refractivity contribution is 6.18. The van der Waals surface area contributed by atoms with Crippen LogP contribution in [0.4, 0.5) is 28.4 Å². The Balaban J connectivity index is 0.000000254. The molecule has 0 aliphatic heterocycles. The van der Waals surface area contributed by atoms with E-state index in [-0.39, 0.29) is 23.1 Å². The maximum atomic E-state index is 12.0. The molecular weight excluding hydrogens is 776 g/mol. The summed E-state index contributed by atoms with van der Waals surface area (Å²) in [6, 6.07) is 8.33. The van der Waals surface area contributed by atoms with E-state index in [1.54, 1.807) is 5.32 Å². The second kappa shape index (κ2) is 13.9. The van der Waals surface area contributed by atoms with Gasteiger partial charge in [0.15, 0.2) is 0 Å². The van der Waals surface area contributed by atoms with E-state index in [4.69, 9.17) is 0 Å². The van der Waals surface area contributed by atoms with Crippen molar-refractivity contribution in [1.29, 1.82) is 0 Å². The number of nitro benzene ring substituents is 4. The molecule has 56 heavy (non-hydrogen) atoms.